The smallest absolute Gasteiger partial charge is 0.0426 e. The number of hydrogen-bond acceptors (Lipinski definition) is 3. The minimum absolute atomic E-state index is 0.589. The van der Waals surface area contributed by atoms with Crippen LogP contribution >= 0.6 is 0 Å². The van der Waals surface area contributed by atoms with Gasteiger partial charge in [0.2, 0.25) is 0 Å². The Labute approximate surface area is 108 Å². The van der Waals surface area contributed by atoms with Crippen molar-refractivity contribution in [2.75, 3.05) is 11.9 Å². The van der Waals surface area contributed by atoms with E-state index in [0.29, 0.717) is 6.54 Å². The molecule has 0 aliphatic heterocycles. The van der Waals surface area contributed by atoms with E-state index in [-0.39, 0.29) is 0 Å². The molecule has 1 aromatic carbocycles. The first-order valence-electron chi connectivity index (χ1n) is 6.10. The summed E-state index contributed by atoms with van der Waals surface area (Å²) in [4.78, 5) is 6.43. The van der Waals surface area contributed by atoms with E-state index in [0.717, 1.165) is 12.2 Å². The highest BCUT2D eigenvalue weighted by Gasteiger charge is 2.03. The molecule has 3 heteroatoms. The first-order chi connectivity index (χ1) is 8.69. The Balaban J connectivity index is 2.13. The molecule has 3 nitrogen and oxygen atoms in total. The highest BCUT2D eigenvalue weighted by atomic mass is 15.1. The Bertz CT molecular complexity index is 523. The van der Waals surface area contributed by atoms with Crippen LogP contribution in [0.25, 0.3) is 0 Å². The van der Waals surface area contributed by atoms with Gasteiger partial charge in [0.05, 0.1) is 0 Å². The highest BCUT2D eigenvalue weighted by Crippen LogP contribution is 2.16. The number of aromatic nitrogens is 1. The van der Waals surface area contributed by atoms with Gasteiger partial charge >= 0.3 is 0 Å². The van der Waals surface area contributed by atoms with Gasteiger partial charge in [0.25, 0.3) is 0 Å². The zero-order valence-corrected chi connectivity index (χ0v) is 10.9. The summed E-state index contributed by atoms with van der Waals surface area (Å²) >= 11 is 0. The lowest BCUT2D eigenvalue weighted by molar-refractivity contribution is 0.912. The Morgan fingerprint density at radius 3 is 2.67 bits per heavy atom. The molecule has 0 amide bonds. The second kappa shape index (κ2) is 5.65. The van der Waals surface area contributed by atoms with Crippen LogP contribution in [-0.4, -0.2) is 12.0 Å². The van der Waals surface area contributed by atoms with E-state index in [1.165, 1.54) is 16.8 Å². The van der Waals surface area contributed by atoms with Crippen molar-refractivity contribution in [3.05, 3.63) is 59.4 Å². The molecule has 94 valence electrons. The zero-order chi connectivity index (χ0) is 13.0. The maximum Gasteiger partial charge on any atom is 0.0426 e. The first kappa shape index (κ1) is 12.6. The van der Waals surface area contributed by atoms with Gasteiger partial charge < -0.3 is 10.6 Å². The Kier molecular flexibility index (Phi) is 3.95. The summed E-state index contributed by atoms with van der Waals surface area (Å²) in [5.74, 6) is 0. The van der Waals surface area contributed by atoms with Gasteiger partial charge in [-0.25, -0.2) is 0 Å². The van der Waals surface area contributed by atoms with Crippen molar-refractivity contribution in [1.82, 2.24) is 4.98 Å². The van der Waals surface area contributed by atoms with Crippen molar-refractivity contribution in [1.29, 1.82) is 0 Å². The number of hydrogen-bond donors (Lipinski definition) is 1. The van der Waals surface area contributed by atoms with E-state index in [1.54, 1.807) is 0 Å². The van der Waals surface area contributed by atoms with Crippen LogP contribution in [0.5, 0.6) is 0 Å². The van der Waals surface area contributed by atoms with Crippen LogP contribution in [0.1, 0.15) is 16.8 Å². The van der Waals surface area contributed by atoms with E-state index < -0.39 is 0 Å². The van der Waals surface area contributed by atoms with Gasteiger partial charge in [-0.3, -0.25) is 4.98 Å². The van der Waals surface area contributed by atoms with E-state index in [1.807, 2.05) is 19.2 Å². The normalized spacial score (nSPS) is 10.4. The Morgan fingerprint density at radius 2 is 1.94 bits per heavy atom. The molecule has 1 heterocycles. The standard InChI is InChI=1S/C15H19N3/c1-12-8-15(6-7-17-12)18(2)11-14-5-3-4-13(9-14)10-16/h3-9H,10-11,16H2,1-2H3. The average Bonchev–Trinajstić information content (AvgIpc) is 2.39. The largest absolute Gasteiger partial charge is 0.370 e. The number of aryl methyl sites for hydroxylation is 1. The highest BCUT2D eigenvalue weighted by molar-refractivity contribution is 5.46. The van der Waals surface area contributed by atoms with Gasteiger partial charge in [0, 0.05) is 37.7 Å². The molecule has 0 spiro atoms. The van der Waals surface area contributed by atoms with Crippen LogP contribution in [0, 0.1) is 6.92 Å². The predicted molar refractivity (Wildman–Crippen MR) is 75.4 cm³/mol. The second-order valence-electron chi connectivity index (χ2n) is 4.54. The molecule has 2 N–H and O–H groups in total. The summed E-state index contributed by atoms with van der Waals surface area (Å²) in [6.07, 6.45) is 1.84. The van der Waals surface area contributed by atoms with Crippen LogP contribution in [-0.2, 0) is 13.1 Å². The molecule has 2 rings (SSSR count). The van der Waals surface area contributed by atoms with Gasteiger partial charge in [-0.15, -0.1) is 0 Å². The third-order valence-corrected chi connectivity index (χ3v) is 2.97. The van der Waals surface area contributed by atoms with Gasteiger partial charge in [0.15, 0.2) is 0 Å². The maximum atomic E-state index is 5.66. The molecule has 1 aromatic heterocycles. The molecular formula is C15H19N3. The van der Waals surface area contributed by atoms with Crippen LogP contribution in [0.2, 0.25) is 0 Å². The Hall–Kier alpha value is -1.87. The second-order valence-corrected chi connectivity index (χ2v) is 4.54. The van der Waals surface area contributed by atoms with Crippen LogP contribution in [0.3, 0.4) is 0 Å². The summed E-state index contributed by atoms with van der Waals surface area (Å²) in [5.41, 5.74) is 10.3. The summed E-state index contributed by atoms with van der Waals surface area (Å²) in [6, 6.07) is 12.5. The molecule has 0 bridgehead atoms. The van der Waals surface area contributed by atoms with Gasteiger partial charge in [-0.05, 0) is 30.2 Å². The number of anilines is 1. The first-order valence-corrected chi connectivity index (χ1v) is 6.10. The molecular weight excluding hydrogens is 222 g/mol. The zero-order valence-electron chi connectivity index (χ0n) is 10.9. The van der Waals surface area contributed by atoms with E-state index in [9.17, 15) is 0 Å². The molecule has 0 aliphatic carbocycles. The molecule has 0 fully saturated rings. The molecule has 0 saturated heterocycles. The van der Waals surface area contributed by atoms with Crippen molar-refractivity contribution in [3.8, 4) is 0 Å². The minimum atomic E-state index is 0.589. The van der Waals surface area contributed by atoms with Crippen molar-refractivity contribution in [2.24, 2.45) is 5.73 Å². The molecule has 0 atom stereocenters. The van der Waals surface area contributed by atoms with E-state index >= 15 is 0 Å². The number of nitrogens with two attached hydrogens (primary N) is 1. The number of rotatable bonds is 4. The number of nitrogens with zero attached hydrogens (tertiary/aromatic N) is 2. The lowest BCUT2D eigenvalue weighted by Gasteiger charge is -2.20. The van der Waals surface area contributed by atoms with Crippen molar-refractivity contribution in [2.45, 2.75) is 20.0 Å². The van der Waals surface area contributed by atoms with Crippen LogP contribution in [0.15, 0.2) is 42.6 Å². The minimum Gasteiger partial charge on any atom is -0.370 e. The molecule has 0 unspecified atom stereocenters. The molecule has 0 radical (unpaired) electrons. The summed E-state index contributed by atoms with van der Waals surface area (Å²) < 4.78 is 0. The summed E-state index contributed by atoms with van der Waals surface area (Å²) in [6.45, 7) is 3.47. The van der Waals surface area contributed by atoms with Crippen molar-refractivity contribution in [3.63, 3.8) is 0 Å². The predicted octanol–water partition coefficient (Wildman–Crippen LogP) is 2.49. The Morgan fingerprint density at radius 1 is 1.17 bits per heavy atom. The number of pyridine rings is 1. The lowest BCUT2D eigenvalue weighted by atomic mass is 10.1. The molecule has 0 aliphatic rings. The topological polar surface area (TPSA) is 42.1 Å². The van der Waals surface area contributed by atoms with E-state index in [4.69, 9.17) is 5.73 Å². The van der Waals surface area contributed by atoms with E-state index in [2.05, 4.69) is 47.3 Å². The fourth-order valence-corrected chi connectivity index (χ4v) is 1.99. The summed E-state index contributed by atoms with van der Waals surface area (Å²) in [7, 11) is 2.09. The van der Waals surface area contributed by atoms with Gasteiger partial charge in [-0.1, -0.05) is 24.3 Å². The fraction of sp³-hybridized carbons (Fsp3) is 0.267. The van der Waals surface area contributed by atoms with Gasteiger partial charge in [0.1, 0.15) is 0 Å². The molecule has 0 saturated carbocycles. The number of benzene rings is 1. The average molecular weight is 241 g/mol. The lowest BCUT2D eigenvalue weighted by Crippen LogP contribution is -2.16. The third-order valence-electron chi connectivity index (χ3n) is 2.97. The van der Waals surface area contributed by atoms with Crippen LogP contribution < -0.4 is 10.6 Å². The fourth-order valence-electron chi connectivity index (χ4n) is 1.99. The van der Waals surface area contributed by atoms with Crippen molar-refractivity contribution < 1.29 is 0 Å². The maximum absolute atomic E-state index is 5.66. The van der Waals surface area contributed by atoms with Crippen molar-refractivity contribution >= 4 is 5.69 Å². The van der Waals surface area contributed by atoms with Gasteiger partial charge in [-0.2, -0.15) is 0 Å². The monoisotopic (exact) mass is 241 g/mol. The summed E-state index contributed by atoms with van der Waals surface area (Å²) in [5, 5.41) is 0. The third kappa shape index (κ3) is 3.08. The van der Waals surface area contributed by atoms with Crippen LogP contribution in [0.4, 0.5) is 5.69 Å². The molecule has 18 heavy (non-hydrogen) atoms. The molecule has 2 aromatic rings. The SMILES string of the molecule is Cc1cc(N(C)Cc2cccc(CN)c2)ccn1. The quantitative estimate of drug-likeness (QED) is 0.894.